The van der Waals surface area contributed by atoms with E-state index in [-0.39, 0.29) is 6.04 Å². The van der Waals surface area contributed by atoms with E-state index < -0.39 is 0 Å². The molecule has 0 rings (SSSR count). The molecule has 0 aliphatic rings. The van der Waals surface area contributed by atoms with E-state index in [1.807, 2.05) is 6.92 Å². The van der Waals surface area contributed by atoms with Gasteiger partial charge in [0, 0.05) is 12.6 Å². The summed E-state index contributed by atoms with van der Waals surface area (Å²) in [7, 11) is 2.07. The molecule has 0 aromatic carbocycles. The highest BCUT2D eigenvalue weighted by molar-refractivity contribution is 4.91. The molecule has 76 valence electrons. The van der Waals surface area contributed by atoms with Crippen molar-refractivity contribution in [3.8, 4) is 6.07 Å². The van der Waals surface area contributed by atoms with Gasteiger partial charge in [-0.1, -0.05) is 13.8 Å². The largest absolute Gasteiger partial charge is 0.301 e. The van der Waals surface area contributed by atoms with Gasteiger partial charge in [-0.05, 0) is 26.9 Å². The van der Waals surface area contributed by atoms with Crippen LogP contribution in [0.2, 0.25) is 0 Å². The average molecular weight is 183 g/mol. The number of hydrogen-bond donors (Lipinski definition) is 1. The molecule has 0 radical (unpaired) electrons. The molecule has 0 aromatic heterocycles. The van der Waals surface area contributed by atoms with E-state index in [1.165, 1.54) is 0 Å². The molecule has 0 bridgehead atoms. The molecular formula is C10H21N3. The zero-order valence-electron chi connectivity index (χ0n) is 9.17. The molecule has 3 nitrogen and oxygen atoms in total. The first-order valence-electron chi connectivity index (χ1n) is 4.98. The second kappa shape index (κ2) is 6.88. The Morgan fingerprint density at radius 1 is 1.46 bits per heavy atom. The quantitative estimate of drug-likeness (QED) is 0.673. The van der Waals surface area contributed by atoms with Crippen LogP contribution in [-0.4, -0.2) is 37.1 Å². The summed E-state index contributed by atoms with van der Waals surface area (Å²) >= 11 is 0. The highest BCUT2D eigenvalue weighted by atomic mass is 15.1. The van der Waals surface area contributed by atoms with Crippen LogP contribution in [0.5, 0.6) is 0 Å². The topological polar surface area (TPSA) is 39.1 Å². The fourth-order valence-corrected chi connectivity index (χ4v) is 1.18. The lowest BCUT2D eigenvalue weighted by Crippen LogP contribution is -2.41. The van der Waals surface area contributed by atoms with Crippen LogP contribution in [0.4, 0.5) is 0 Å². The number of nitrogens with zero attached hydrogens (tertiary/aromatic N) is 2. The zero-order chi connectivity index (χ0) is 10.3. The van der Waals surface area contributed by atoms with Gasteiger partial charge in [0.15, 0.2) is 0 Å². The van der Waals surface area contributed by atoms with Crippen LogP contribution in [0.1, 0.15) is 27.2 Å². The number of hydrogen-bond acceptors (Lipinski definition) is 3. The average Bonchev–Trinajstić information content (AvgIpc) is 2.15. The molecule has 13 heavy (non-hydrogen) atoms. The van der Waals surface area contributed by atoms with E-state index in [9.17, 15) is 0 Å². The lowest BCUT2D eigenvalue weighted by molar-refractivity contribution is 0.239. The van der Waals surface area contributed by atoms with E-state index >= 15 is 0 Å². The Morgan fingerprint density at radius 3 is 2.46 bits per heavy atom. The summed E-state index contributed by atoms with van der Waals surface area (Å²) in [5.74, 6) is 0. The molecule has 0 heterocycles. The number of likely N-dealkylation sites (N-methyl/N-ethyl adjacent to an activating group) is 2. The molecule has 0 aliphatic heterocycles. The normalized spacial score (nSPS) is 15.4. The Morgan fingerprint density at radius 2 is 2.08 bits per heavy atom. The summed E-state index contributed by atoms with van der Waals surface area (Å²) in [6, 6.07) is 2.77. The van der Waals surface area contributed by atoms with Crippen molar-refractivity contribution >= 4 is 0 Å². The molecule has 1 N–H and O–H groups in total. The van der Waals surface area contributed by atoms with Crippen molar-refractivity contribution in [3.63, 3.8) is 0 Å². The first kappa shape index (κ1) is 12.4. The molecule has 0 amide bonds. The summed E-state index contributed by atoms with van der Waals surface area (Å²) in [5.41, 5.74) is 0. The molecule has 0 saturated heterocycles. The first-order chi connectivity index (χ1) is 6.15. The van der Waals surface area contributed by atoms with Crippen LogP contribution in [0.3, 0.4) is 0 Å². The van der Waals surface area contributed by atoms with E-state index in [4.69, 9.17) is 5.26 Å². The maximum Gasteiger partial charge on any atom is 0.108 e. The maximum absolute atomic E-state index is 8.82. The van der Waals surface area contributed by atoms with E-state index in [1.54, 1.807) is 0 Å². The summed E-state index contributed by atoms with van der Waals surface area (Å²) in [5, 5.41) is 12.0. The summed E-state index contributed by atoms with van der Waals surface area (Å²) in [6.45, 7) is 8.02. The molecule has 0 aliphatic carbocycles. The highest BCUT2D eigenvalue weighted by Gasteiger charge is 2.12. The van der Waals surface area contributed by atoms with Gasteiger partial charge in [0.2, 0.25) is 0 Å². The van der Waals surface area contributed by atoms with Crippen LogP contribution in [0.25, 0.3) is 0 Å². The van der Waals surface area contributed by atoms with Gasteiger partial charge in [-0.15, -0.1) is 0 Å². The third-order valence-corrected chi connectivity index (χ3v) is 2.42. The Hall–Kier alpha value is -0.590. The predicted octanol–water partition coefficient (Wildman–Crippen LogP) is 1.22. The van der Waals surface area contributed by atoms with Crippen molar-refractivity contribution in [3.05, 3.63) is 0 Å². The fraction of sp³-hybridized carbons (Fsp3) is 0.900. The fourth-order valence-electron chi connectivity index (χ4n) is 1.18. The van der Waals surface area contributed by atoms with Crippen molar-refractivity contribution in [2.75, 3.05) is 20.1 Å². The van der Waals surface area contributed by atoms with Gasteiger partial charge in [0.05, 0.1) is 6.07 Å². The van der Waals surface area contributed by atoms with Gasteiger partial charge in [-0.3, -0.25) is 0 Å². The number of rotatable bonds is 6. The van der Waals surface area contributed by atoms with E-state index in [2.05, 4.69) is 37.2 Å². The molecule has 0 spiro atoms. The maximum atomic E-state index is 8.82. The van der Waals surface area contributed by atoms with Gasteiger partial charge < -0.3 is 10.2 Å². The van der Waals surface area contributed by atoms with Gasteiger partial charge in [-0.25, -0.2) is 0 Å². The van der Waals surface area contributed by atoms with E-state index in [0.29, 0.717) is 6.04 Å². The molecule has 0 aromatic rings. The van der Waals surface area contributed by atoms with Crippen LogP contribution in [0.15, 0.2) is 0 Å². The third-order valence-electron chi connectivity index (χ3n) is 2.42. The SMILES string of the molecule is CCNC(C#N)CN(C)C(C)CC. The summed E-state index contributed by atoms with van der Waals surface area (Å²) in [6.07, 6.45) is 1.13. The summed E-state index contributed by atoms with van der Waals surface area (Å²) < 4.78 is 0. The second-order valence-electron chi connectivity index (χ2n) is 3.44. The molecule has 3 heteroatoms. The Kier molecular flexibility index (Phi) is 6.56. The van der Waals surface area contributed by atoms with Crippen molar-refractivity contribution in [1.29, 1.82) is 5.26 Å². The zero-order valence-corrected chi connectivity index (χ0v) is 9.17. The minimum atomic E-state index is -0.0380. The van der Waals surface area contributed by atoms with Gasteiger partial charge in [0.1, 0.15) is 6.04 Å². The van der Waals surface area contributed by atoms with Crippen LogP contribution < -0.4 is 5.32 Å². The lowest BCUT2D eigenvalue weighted by Gasteiger charge is -2.25. The van der Waals surface area contributed by atoms with Crippen molar-refractivity contribution < 1.29 is 0 Å². The Labute approximate surface area is 81.7 Å². The van der Waals surface area contributed by atoms with E-state index in [0.717, 1.165) is 19.5 Å². The molecule has 2 unspecified atom stereocenters. The van der Waals surface area contributed by atoms with Crippen molar-refractivity contribution in [2.24, 2.45) is 0 Å². The molecular weight excluding hydrogens is 162 g/mol. The Bertz CT molecular complexity index is 162. The minimum absolute atomic E-state index is 0.0380. The summed E-state index contributed by atoms with van der Waals surface area (Å²) in [4.78, 5) is 2.22. The van der Waals surface area contributed by atoms with Crippen molar-refractivity contribution in [1.82, 2.24) is 10.2 Å². The Balaban J connectivity index is 3.87. The predicted molar refractivity (Wildman–Crippen MR) is 55.5 cm³/mol. The molecule has 0 fully saturated rings. The number of nitriles is 1. The van der Waals surface area contributed by atoms with Gasteiger partial charge >= 0.3 is 0 Å². The standard InChI is InChI=1S/C10H21N3/c1-5-9(3)13(4)8-10(7-11)12-6-2/h9-10,12H,5-6,8H2,1-4H3. The third kappa shape index (κ3) is 4.87. The first-order valence-corrected chi connectivity index (χ1v) is 4.98. The monoisotopic (exact) mass is 183 g/mol. The molecule has 2 atom stereocenters. The van der Waals surface area contributed by atoms with Gasteiger partial charge in [-0.2, -0.15) is 5.26 Å². The smallest absolute Gasteiger partial charge is 0.108 e. The van der Waals surface area contributed by atoms with Crippen LogP contribution >= 0.6 is 0 Å². The number of nitrogens with one attached hydrogen (secondary N) is 1. The van der Waals surface area contributed by atoms with Crippen LogP contribution in [-0.2, 0) is 0 Å². The second-order valence-corrected chi connectivity index (χ2v) is 3.44. The molecule has 0 saturated carbocycles. The highest BCUT2D eigenvalue weighted by Crippen LogP contribution is 2.00. The van der Waals surface area contributed by atoms with Crippen molar-refractivity contribution in [2.45, 2.75) is 39.3 Å². The minimum Gasteiger partial charge on any atom is -0.301 e. The van der Waals surface area contributed by atoms with Gasteiger partial charge in [0.25, 0.3) is 0 Å². The van der Waals surface area contributed by atoms with Crippen LogP contribution in [0, 0.1) is 11.3 Å². The lowest BCUT2D eigenvalue weighted by atomic mass is 10.2.